The van der Waals surface area contributed by atoms with Gasteiger partial charge in [-0.15, -0.1) is 0 Å². The van der Waals surface area contributed by atoms with Gasteiger partial charge >= 0.3 is 0 Å². The molecule has 1 amide bonds. The highest BCUT2D eigenvalue weighted by Crippen LogP contribution is 2.34. The third kappa shape index (κ3) is 4.70. The summed E-state index contributed by atoms with van der Waals surface area (Å²) < 4.78 is 0. The summed E-state index contributed by atoms with van der Waals surface area (Å²) >= 11 is 6.07. The van der Waals surface area contributed by atoms with Gasteiger partial charge in [0, 0.05) is 22.7 Å². The van der Waals surface area contributed by atoms with Crippen LogP contribution in [0.15, 0.2) is 12.1 Å². The normalized spacial score (nSPS) is 16.6. The third-order valence-electron chi connectivity index (χ3n) is 3.97. The fraction of sp³-hybridized carbons (Fsp3) is 0.647. The minimum atomic E-state index is -0.127. The van der Waals surface area contributed by atoms with Gasteiger partial charge in [-0.3, -0.25) is 4.79 Å². The molecule has 0 radical (unpaired) electrons. The fourth-order valence-electron chi connectivity index (χ4n) is 2.36. The quantitative estimate of drug-likeness (QED) is 0.822. The maximum atomic E-state index is 12.4. The van der Waals surface area contributed by atoms with Crippen molar-refractivity contribution in [3.63, 3.8) is 0 Å². The largest absolute Gasteiger partial charge is 0.349 e. The summed E-state index contributed by atoms with van der Waals surface area (Å²) in [5, 5.41) is 3.51. The lowest BCUT2D eigenvalue weighted by molar-refractivity contribution is 0.0932. The van der Waals surface area contributed by atoms with Gasteiger partial charge in [0.1, 0.15) is 5.15 Å². The van der Waals surface area contributed by atoms with Crippen molar-refractivity contribution in [1.82, 2.24) is 10.3 Å². The predicted octanol–water partition coefficient (Wildman–Crippen LogP) is 4.34. The molecule has 0 aliphatic heterocycles. The number of hydrogen-bond donors (Lipinski definition) is 1. The van der Waals surface area contributed by atoms with E-state index in [-0.39, 0.29) is 17.4 Å². The Bertz CT molecular complexity index is 518. The van der Waals surface area contributed by atoms with Crippen LogP contribution >= 0.6 is 11.6 Å². The van der Waals surface area contributed by atoms with Crippen molar-refractivity contribution >= 4 is 17.5 Å². The molecule has 1 unspecified atom stereocenters. The fourth-order valence-corrected chi connectivity index (χ4v) is 2.57. The molecule has 1 N–H and O–H groups in total. The van der Waals surface area contributed by atoms with Crippen LogP contribution in [0.2, 0.25) is 5.15 Å². The zero-order valence-corrected chi connectivity index (χ0v) is 14.1. The molecule has 1 aromatic heterocycles. The van der Waals surface area contributed by atoms with Gasteiger partial charge in [-0.1, -0.05) is 52.1 Å². The zero-order valence-electron chi connectivity index (χ0n) is 13.4. The second kappa shape index (κ2) is 6.35. The van der Waals surface area contributed by atoms with Gasteiger partial charge < -0.3 is 5.32 Å². The molecule has 1 atom stereocenters. The molecule has 0 bridgehead atoms. The number of carbonyl (C=O) groups is 1. The molecule has 1 aliphatic carbocycles. The van der Waals surface area contributed by atoms with Crippen molar-refractivity contribution in [3.05, 3.63) is 28.5 Å². The summed E-state index contributed by atoms with van der Waals surface area (Å²) in [7, 11) is 0. The van der Waals surface area contributed by atoms with Crippen molar-refractivity contribution in [1.29, 1.82) is 0 Å². The average molecular weight is 309 g/mol. The Kier molecular flexibility index (Phi) is 4.92. The summed E-state index contributed by atoms with van der Waals surface area (Å²) in [4.78, 5) is 16.8. The maximum absolute atomic E-state index is 12.4. The van der Waals surface area contributed by atoms with E-state index in [9.17, 15) is 4.79 Å². The Balaban J connectivity index is 2.12. The second-order valence-corrected chi connectivity index (χ2v) is 7.46. The maximum Gasteiger partial charge on any atom is 0.251 e. The number of halogens is 1. The number of carbonyl (C=O) groups excluding carboxylic acids is 1. The Hall–Kier alpha value is -1.09. The molecule has 1 aliphatic rings. The number of nitrogens with one attached hydrogen (secondary N) is 1. The van der Waals surface area contributed by atoms with E-state index in [0.29, 0.717) is 10.7 Å². The first kappa shape index (κ1) is 16.3. The van der Waals surface area contributed by atoms with Gasteiger partial charge in [0.15, 0.2) is 0 Å². The minimum Gasteiger partial charge on any atom is -0.349 e. The van der Waals surface area contributed by atoms with Gasteiger partial charge in [0.05, 0.1) is 0 Å². The summed E-state index contributed by atoms with van der Waals surface area (Å²) in [5.41, 5.74) is 1.32. The van der Waals surface area contributed by atoms with E-state index in [1.807, 2.05) is 6.07 Å². The zero-order chi connectivity index (χ0) is 15.6. The molecule has 0 aromatic carbocycles. The Morgan fingerprint density at radius 2 is 2.10 bits per heavy atom. The van der Waals surface area contributed by atoms with Crippen LogP contribution in [-0.4, -0.2) is 16.9 Å². The summed E-state index contributed by atoms with van der Waals surface area (Å²) in [5.74, 6) is 0.763. The van der Waals surface area contributed by atoms with Crippen molar-refractivity contribution in [2.24, 2.45) is 5.92 Å². The molecule has 1 heterocycles. The Morgan fingerprint density at radius 1 is 1.43 bits per heavy atom. The van der Waals surface area contributed by atoms with Crippen molar-refractivity contribution in [3.8, 4) is 0 Å². The van der Waals surface area contributed by atoms with E-state index in [1.54, 1.807) is 6.07 Å². The molecule has 0 saturated heterocycles. The molecular formula is C17H25ClN2O. The summed E-state index contributed by atoms with van der Waals surface area (Å²) in [6.45, 7) is 8.31. The first-order valence-electron chi connectivity index (χ1n) is 7.78. The standard InChI is InChI=1S/C17H25ClN2O/c1-5-13(8-11-6-7-11)19-16(21)12-9-14(17(2,3)4)20-15(18)10-12/h9-11,13H,5-8H2,1-4H3,(H,19,21). The molecule has 1 saturated carbocycles. The van der Waals surface area contributed by atoms with Crippen molar-refractivity contribution in [2.75, 3.05) is 0 Å². The van der Waals surface area contributed by atoms with Gasteiger partial charge in [-0.2, -0.15) is 0 Å². The lowest BCUT2D eigenvalue weighted by atomic mass is 9.91. The van der Waals surface area contributed by atoms with E-state index in [2.05, 4.69) is 38.0 Å². The molecule has 116 valence electrons. The summed E-state index contributed by atoms with van der Waals surface area (Å²) in [6.07, 6.45) is 4.67. The van der Waals surface area contributed by atoms with Gasteiger partial charge in [0.25, 0.3) is 5.91 Å². The highest BCUT2D eigenvalue weighted by atomic mass is 35.5. The minimum absolute atomic E-state index is 0.0442. The second-order valence-electron chi connectivity index (χ2n) is 7.07. The van der Waals surface area contributed by atoms with E-state index >= 15 is 0 Å². The molecule has 0 spiro atoms. The van der Waals surface area contributed by atoms with Gasteiger partial charge in [0.2, 0.25) is 0 Å². The highest BCUT2D eigenvalue weighted by Gasteiger charge is 2.26. The SMILES string of the molecule is CCC(CC1CC1)NC(=O)c1cc(Cl)nc(C(C)(C)C)c1. The van der Waals surface area contributed by atoms with Crippen LogP contribution in [0.3, 0.4) is 0 Å². The third-order valence-corrected chi connectivity index (χ3v) is 4.16. The molecule has 3 nitrogen and oxygen atoms in total. The smallest absolute Gasteiger partial charge is 0.251 e. The van der Waals surface area contributed by atoms with Crippen molar-refractivity contribution < 1.29 is 4.79 Å². The predicted molar refractivity (Wildman–Crippen MR) is 86.8 cm³/mol. The van der Waals surface area contributed by atoms with Crippen LogP contribution < -0.4 is 5.32 Å². The number of hydrogen-bond acceptors (Lipinski definition) is 2. The molecule has 21 heavy (non-hydrogen) atoms. The van der Waals surface area contributed by atoms with E-state index in [4.69, 9.17) is 11.6 Å². The molecule has 2 rings (SSSR count). The number of amides is 1. The van der Waals surface area contributed by atoms with E-state index in [0.717, 1.165) is 24.5 Å². The van der Waals surface area contributed by atoms with Crippen LogP contribution in [0.25, 0.3) is 0 Å². The van der Waals surface area contributed by atoms with Crippen LogP contribution in [0.1, 0.15) is 69.4 Å². The first-order chi connectivity index (χ1) is 9.79. The molecule has 1 fully saturated rings. The average Bonchev–Trinajstić information content (AvgIpc) is 3.20. The van der Waals surface area contributed by atoms with Crippen LogP contribution in [0, 0.1) is 5.92 Å². The Morgan fingerprint density at radius 3 is 2.62 bits per heavy atom. The topological polar surface area (TPSA) is 42.0 Å². The van der Waals surface area contributed by atoms with Crippen LogP contribution in [-0.2, 0) is 5.41 Å². The number of aromatic nitrogens is 1. The molecule has 4 heteroatoms. The summed E-state index contributed by atoms with van der Waals surface area (Å²) in [6, 6.07) is 3.76. The number of nitrogens with zero attached hydrogens (tertiary/aromatic N) is 1. The van der Waals surface area contributed by atoms with Crippen molar-refractivity contribution in [2.45, 2.75) is 64.8 Å². The highest BCUT2D eigenvalue weighted by molar-refractivity contribution is 6.29. The molecular weight excluding hydrogens is 284 g/mol. The van der Waals surface area contributed by atoms with Crippen LogP contribution in [0.5, 0.6) is 0 Å². The lowest BCUT2D eigenvalue weighted by Crippen LogP contribution is -2.35. The van der Waals surface area contributed by atoms with E-state index in [1.165, 1.54) is 12.8 Å². The number of rotatable bonds is 5. The van der Waals surface area contributed by atoms with Gasteiger partial charge in [-0.05, 0) is 30.9 Å². The lowest BCUT2D eigenvalue weighted by Gasteiger charge is -2.20. The first-order valence-corrected chi connectivity index (χ1v) is 8.16. The monoisotopic (exact) mass is 308 g/mol. The van der Waals surface area contributed by atoms with E-state index < -0.39 is 0 Å². The molecule has 1 aromatic rings. The van der Waals surface area contributed by atoms with Crippen LogP contribution in [0.4, 0.5) is 0 Å². The van der Waals surface area contributed by atoms with Gasteiger partial charge in [-0.25, -0.2) is 4.98 Å². The number of pyridine rings is 1. The Labute approximate surface area is 132 Å².